The van der Waals surface area contributed by atoms with E-state index in [9.17, 15) is 14.4 Å². The van der Waals surface area contributed by atoms with Crippen molar-refractivity contribution in [3.8, 4) is 0 Å². The van der Waals surface area contributed by atoms with Gasteiger partial charge in [0.05, 0.1) is 0 Å². The van der Waals surface area contributed by atoms with Crippen LogP contribution in [0.2, 0.25) is 0 Å². The van der Waals surface area contributed by atoms with E-state index in [0.717, 1.165) is 103 Å². The highest BCUT2D eigenvalue weighted by atomic mass is 16.6. The normalized spacial score (nSPS) is 12.6. The summed E-state index contributed by atoms with van der Waals surface area (Å²) in [4.78, 5) is 38.1. The zero-order valence-corrected chi connectivity index (χ0v) is 42.7. The number of unbranched alkanes of at least 4 members (excludes halogenated alkanes) is 26. The van der Waals surface area contributed by atoms with Crippen LogP contribution in [-0.4, -0.2) is 37.2 Å². The summed E-state index contributed by atoms with van der Waals surface area (Å²) in [6, 6.07) is 0. The number of ether oxygens (including phenoxy) is 3. The second-order valence-corrected chi connectivity index (χ2v) is 18.1. The van der Waals surface area contributed by atoms with Gasteiger partial charge in [0.25, 0.3) is 0 Å². The van der Waals surface area contributed by atoms with Gasteiger partial charge in [0.2, 0.25) is 0 Å². The molecule has 0 aromatic heterocycles. The lowest BCUT2D eigenvalue weighted by atomic mass is 10.0. The van der Waals surface area contributed by atoms with Gasteiger partial charge in [0.15, 0.2) is 6.10 Å². The molecule has 0 saturated carbocycles. The van der Waals surface area contributed by atoms with E-state index < -0.39 is 6.10 Å². The molecule has 0 fully saturated rings. The first-order chi connectivity index (χ1) is 32.0. The van der Waals surface area contributed by atoms with E-state index in [0.29, 0.717) is 19.3 Å². The van der Waals surface area contributed by atoms with Crippen LogP contribution in [0.5, 0.6) is 0 Å². The molecule has 6 nitrogen and oxygen atoms in total. The largest absolute Gasteiger partial charge is 0.462 e. The molecular weight excluding hydrogens is 805 g/mol. The Hall–Kier alpha value is -3.15. The van der Waals surface area contributed by atoms with Gasteiger partial charge in [0.1, 0.15) is 13.2 Å². The van der Waals surface area contributed by atoms with E-state index in [1.807, 2.05) is 0 Å². The monoisotopic (exact) mass is 907 g/mol. The summed E-state index contributed by atoms with van der Waals surface area (Å²) in [5.74, 6) is -0.923. The Morgan fingerprint density at radius 2 is 0.600 bits per heavy atom. The molecule has 0 heterocycles. The van der Waals surface area contributed by atoms with E-state index in [1.165, 1.54) is 122 Å². The minimum absolute atomic E-state index is 0.0885. The molecule has 0 aromatic carbocycles. The predicted molar refractivity (Wildman–Crippen MR) is 279 cm³/mol. The van der Waals surface area contributed by atoms with Gasteiger partial charge in [-0.15, -0.1) is 0 Å². The number of carbonyl (C=O) groups is 3. The molecule has 374 valence electrons. The second-order valence-electron chi connectivity index (χ2n) is 18.1. The summed E-state index contributed by atoms with van der Waals surface area (Å²) < 4.78 is 16.8. The van der Waals surface area contributed by atoms with Crippen molar-refractivity contribution in [2.24, 2.45) is 0 Å². The molecule has 0 saturated heterocycles. The van der Waals surface area contributed by atoms with Gasteiger partial charge in [0, 0.05) is 19.3 Å². The standard InChI is InChI=1S/C59H102O6/c1-4-7-10-13-16-19-22-25-27-28-29-30-32-35-37-40-43-46-49-52-58(61)64-55-56(65-59(62)53-50-47-44-41-38-33-24-21-18-15-12-9-6-3)54-63-57(60)51-48-45-42-39-36-34-31-26-23-20-17-14-11-8-5-2/h7,10,16,19,25-27,29-31,35,37,56H,4-6,8-9,11-15,17-18,20-24,28,32-34,36,38-55H2,1-3H3/t56-/m1/s1. The van der Waals surface area contributed by atoms with Crippen LogP contribution in [0, 0.1) is 0 Å². The lowest BCUT2D eigenvalue weighted by Gasteiger charge is -2.18. The van der Waals surface area contributed by atoms with Crippen molar-refractivity contribution in [1.29, 1.82) is 0 Å². The molecule has 65 heavy (non-hydrogen) atoms. The molecule has 0 radical (unpaired) electrons. The van der Waals surface area contributed by atoms with Crippen molar-refractivity contribution in [2.45, 2.75) is 271 Å². The van der Waals surface area contributed by atoms with Gasteiger partial charge in [-0.2, -0.15) is 0 Å². The van der Waals surface area contributed by atoms with E-state index in [1.54, 1.807) is 0 Å². The fraction of sp³-hybridized carbons (Fsp3) is 0.746. The first-order valence-electron chi connectivity index (χ1n) is 27.4. The average Bonchev–Trinajstić information content (AvgIpc) is 3.30. The van der Waals surface area contributed by atoms with Gasteiger partial charge < -0.3 is 14.2 Å². The van der Waals surface area contributed by atoms with Gasteiger partial charge in [-0.05, 0) is 89.9 Å². The first kappa shape index (κ1) is 61.9. The first-order valence-corrected chi connectivity index (χ1v) is 27.4. The molecule has 0 aliphatic heterocycles. The van der Waals surface area contributed by atoms with E-state index in [-0.39, 0.29) is 31.1 Å². The van der Waals surface area contributed by atoms with Crippen molar-refractivity contribution < 1.29 is 28.6 Å². The van der Waals surface area contributed by atoms with Crippen LogP contribution in [0.25, 0.3) is 0 Å². The maximum absolute atomic E-state index is 12.8. The molecule has 0 unspecified atom stereocenters. The van der Waals surface area contributed by atoms with Crippen molar-refractivity contribution in [3.63, 3.8) is 0 Å². The van der Waals surface area contributed by atoms with Crippen LogP contribution in [0.4, 0.5) is 0 Å². The molecule has 0 N–H and O–H groups in total. The Balaban J connectivity index is 4.43. The van der Waals surface area contributed by atoms with Gasteiger partial charge in [-0.3, -0.25) is 14.4 Å². The molecule has 0 bridgehead atoms. The lowest BCUT2D eigenvalue weighted by Crippen LogP contribution is -2.30. The highest BCUT2D eigenvalue weighted by Gasteiger charge is 2.19. The summed E-state index contributed by atoms with van der Waals surface area (Å²) >= 11 is 0. The SMILES string of the molecule is CCC=CCC=CCC=CCC=CCC=CCCCCCC(=O)OC[C@@H](COC(=O)CCCCCCCC=CCCCCCCCC)OC(=O)CCCCCCCCCCCCCCC. The predicted octanol–water partition coefficient (Wildman–Crippen LogP) is 18.2. The Bertz CT molecular complexity index is 1230. The fourth-order valence-electron chi connectivity index (χ4n) is 7.58. The maximum Gasteiger partial charge on any atom is 0.306 e. The molecule has 0 rings (SSSR count). The summed E-state index contributed by atoms with van der Waals surface area (Å²) in [6.07, 6.45) is 67.4. The smallest absolute Gasteiger partial charge is 0.306 e. The molecule has 0 spiro atoms. The lowest BCUT2D eigenvalue weighted by molar-refractivity contribution is -0.167. The van der Waals surface area contributed by atoms with Crippen molar-refractivity contribution >= 4 is 17.9 Å². The van der Waals surface area contributed by atoms with Crippen molar-refractivity contribution in [2.75, 3.05) is 13.2 Å². The van der Waals surface area contributed by atoms with Crippen LogP contribution >= 0.6 is 0 Å². The van der Waals surface area contributed by atoms with Gasteiger partial charge in [-0.1, -0.05) is 229 Å². The number of hydrogen-bond acceptors (Lipinski definition) is 6. The third-order valence-electron chi connectivity index (χ3n) is 11.7. The molecule has 1 atom stereocenters. The van der Waals surface area contributed by atoms with Crippen LogP contribution < -0.4 is 0 Å². The number of rotatable bonds is 49. The fourth-order valence-corrected chi connectivity index (χ4v) is 7.58. The Labute approximate surface area is 402 Å². The van der Waals surface area contributed by atoms with E-state index in [4.69, 9.17) is 14.2 Å². The second kappa shape index (κ2) is 53.5. The van der Waals surface area contributed by atoms with Crippen molar-refractivity contribution in [1.82, 2.24) is 0 Å². The summed E-state index contributed by atoms with van der Waals surface area (Å²) in [7, 11) is 0. The molecule has 6 heteroatoms. The summed E-state index contributed by atoms with van der Waals surface area (Å²) in [5.41, 5.74) is 0. The Morgan fingerprint density at radius 1 is 0.323 bits per heavy atom. The minimum Gasteiger partial charge on any atom is -0.462 e. The molecule has 0 aliphatic rings. The van der Waals surface area contributed by atoms with Gasteiger partial charge in [-0.25, -0.2) is 0 Å². The van der Waals surface area contributed by atoms with E-state index >= 15 is 0 Å². The Kier molecular flexibility index (Phi) is 50.9. The minimum atomic E-state index is -0.790. The summed E-state index contributed by atoms with van der Waals surface area (Å²) in [6.45, 7) is 6.50. The quantitative estimate of drug-likeness (QED) is 0.0262. The maximum atomic E-state index is 12.8. The Morgan fingerprint density at radius 3 is 0.969 bits per heavy atom. The number of carbonyl (C=O) groups excluding carboxylic acids is 3. The van der Waals surface area contributed by atoms with Crippen LogP contribution in [0.1, 0.15) is 265 Å². The number of hydrogen-bond donors (Lipinski definition) is 0. The van der Waals surface area contributed by atoms with Gasteiger partial charge >= 0.3 is 17.9 Å². The third-order valence-corrected chi connectivity index (χ3v) is 11.7. The molecule has 0 amide bonds. The van der Waals surface area contributed by atoms with Crippen LogP contribution in [0.15, 0.2) is 72.9 Å². The van der Waals surface area contributed by atoms with E-state index in [2.05, 4.69) is 93.7 Å². The molecule has 0 aromatic rings. The number of esters is 3. The highest BCUT2D eigenvalue weighted by Crippen LogP contribution is 2.15. The molecular formula is C59H102O6. The molecule has 0 aliphatic carbocycles. The number of allylic oxidation sites excluding steroid dienone is 12. The highest BCUT2D eigenvalue weighted by molar-refractivity contribution is 5.71. The van der Waals surface area contributed by atoms with Crippen LogP contribution in [0.3, 0.4) is 0 Å². The third kappa shape index (κ3) is 51.7. The summed E-state index contributed by atoms with van der Waals surface area (Å²) in [5, 5.41) is 0. The zero-order valence-electron chi connectivity index (χ0n) is 42.7. The van der Waals surface area contributed by atoms with Crippen LogP contribution in [-0.2, 0) is 28.6 Å². The van der Waals surface area contributed by atoms with Crippen molar-refractivity contribution in [3.05, 3.63) is 72.9 Å². The topological polar surface area (TPSA) is 78.9 Å². The average molecular weight is 907 g/mol. The zero-order chi connectivity index (χ0) is 47.2.